The molecule has 0 bridgehead atoms. The molecule has 0 saturated carbocycles. The van der Waals surface area contributed by atoms with Gasteiger partial charge < -0.3 is 10.1 Å². The van der Waals surface area contributed by atoms with Crippen molar-refractivity contribution in [2.75, 3.05) is 7.11 Å². The number of carbonyl (C=O) groups is 1. The number of nitrogens with one attached hydrogen (secondary N) is 1. The fourth-order valence-electron chi connectivity index (χ4n) is 1.26. The summed E-state index contributed by atoms with van der Waals surface area (Å²) in [6.07, 6.45) is 4.06. The second-order valence-electron chi connectivity index (χ2n) is 2.99. The Morgan fingerprint density at radius 2 is 2.12 bits per heavy atom. The van der Waals surface area contributed by atoms with Crippen LogP contribution in [-0.2, 0) is 0 Å². The Morgan fingerprint density at radius 3 is 2.69 bits per heavy atom. The van der Waals surface area contributed by atoms with Crippen LogP contribution in [0.5, 0.6) is 0 Å². The summed E-state index contributed by atoms with van der Waals surface area (Å²) in [6.45, 7) is 1.92. The van der Waals surface area contributed by atoms with Gasteiger partial charge >= 0.3 is 0 Å². The Balaban J connectivity index is 0.000000606. The predicted molar refractivity (Wildman–Crippen MR) is 60.1 cm³/mol. The van der Waals surface area contributed by atoms with E-state index in [4.69, 9.17) is 5.11 Å². The molecule has 5 heteroatoms. The van der Waals surface area contributed by atoms with E-state index in [0.717, 1.165) is 24.1 Å². The van der Waals surface area contributed by atoms with Gasteiger partial charge in [-0.1, -0.05) is 0 Å². The Kier molecular flexibility index (Phi) is 4.35. The maximum absolute atomic E-state index is 10.4. The molecule has 5 nitrogen and oxygen atoms in total. The van der Waals surface area contributed by atoms with Gasteiger partial charge in [0.05, 0.1) is 11.9 Å². The van der Waals surface area contributed by atoms with Gasteiger partial charge in [0.2, 0.25) is 0 Å². The van der Waals surface area contributed by atoms with Crippen molar-refractivity contribution in [3.05, 3.63) is 36.0 Å². The van der Waals surface area contributed by atoms with E-state index in [2.05, 4.69) is 15.0 Å². The van der Waals surface area contributed by atoms with Gasteiger partial charge in [0, 0.05) is 24.6 Å². The van der Waals surface area contributed by atoms with Crippen LogP contribution in [0.15, 0.2) is 24.5 Å². The van der Waals surface area contributed by atoms with E-state index >= 15 is 0 Å². The van der Waals surface area contributed by atoms with Crippen LogP contribution in [0.4, 0.5) is 0 Å². The van der Waals surface area contributed by atoms with Gasteiger partial charge in [0.25, 0.3) is 0 Å². The first-order chi connectivity index (χ1) is 7.79. The van der Waals surface area contributed by atoms with Crippen LogP contribution in [0.25, 0.3) is 11.3 Å². The maximum Gasteiger partial charge on any atom is 0.185 e. The molecule has 2 rings (SSSR count). The molecule has 0 amide bonds. The quantitative estimate of drug-likeness (QED) is 0.744. The van der Waals surface area contributed by atoms with E-state index in [9.17, 15) is 4.79 Å². The zero-order valence-corrected chi connectivity index (χ0v) is 9.14. The minimum Gasteiger partial charge on any atom is -0.400 e. The summed E-state index contributed by atoms with van der Waals surface area (Å²) >= 11 is 0. The van der Waals surface area contributed by atoms with Crippen molar-refractivity contribution >= 4 is 6.29 Å². The first-order valence-corrected chi connectivity index (χ1v) is 4.67. The fraction of sp³-hybridized carbons (Fsp3) is 0.182. The molecule has 2 aromatic heterocycles. The van der Waals surface area contributed by atoms with E-state index in [0.29, 0.717) is 12.1 Å². The Labute approximate surface area is 93.2 Å². The normalized spacial score (nSPS) is 9.19. The molecule has 0 unspecified atom stereocenters. The molecule has 2 N–H and O–H groups in total. The second kappa shape index (κ2) is 5.77. The number of aliphatic hydroxyl groups is 1. The lowest BCUT2D eigenvalue weighted by Crippen LogP contribution is -1.84. The van der Waals surface area contributed by atoms with Crippen LogP contribution in [0, 0.1) is 6.92 Å². The summed E-state index contributed by atoms with van der Waals surface area (Å²) in [6, 6.07) is 3.80. The van der Waals surface area contributed by atoms with Crippen LogP contribution >= 0.6 is 0 Å². The molecule has 0 atom stereocenters. The number of H-pyrrole nitrogens is 1. The highest BCUT2D eigenvalue weighted by molar-refractivity contribution is 5.71. The molecular weight excluding hydrogens is 206 g/mol. The number of hydrogen-bond acceptors (Lipinski definition) is 4. The number of aromatic nitrogens is 3. The van der Waals surface area contributed by atoms with Gasteiger partial charge in [-0.15, -0.1) is 0 Å². The molecule has 0 radical (unpaired) electrons. The number of aldehydes is 1. The Hall–Kier alpha value is -2.01. The third kappa shape index (κ3) is 2.74. The number of rotatable bonds is 2. The van der Waals surface area contributed by atoms with Crippen molar-refractivity contribution in [1.29, 1.82) is 0 Å². The lowest BCUT2D eigenvalue weighted by atomic mass is 10.2. The van der Waals surface area contributed by atoms with Crippen molar-refractivity contribution in [2.45, 2.75) is 6.92 Å². The molecule has 2 aromatic rings. The molecule has 16 heavy (non-hydrogen) atoms. The van der Waals surface area contributed by atoms with E-state index in [1.165, 1.54) is 0 Å². The summed E-state index contributed by atoms with van der Waals surface area (Å²) in [7, 11) is 1.00. The highest BCUT2D eigenvalue weighted by atomic mass is 16.2. The summed E-state index contributed by atoms with van der Waals surface area (Å²) < 4.78 is 0. The minimum atomic E-state index is 0.342. The summed E-state index contributed by atoms with van der Waals surface area (Å²) in [4.78, 5) is 21.3. The SMILES string of the molecule is CO.Cc1cc(-c2cnc(C=O)[nH]2)ccn1. The molecule has 0 aromatic carbocycles. The fourth-order valence-corrected chi connectivity index (χ4v) is 1.26. The van der Waals surface area contributed by atoms with Crippen molar-refractivity contribution in [2.24, 2.45) is 0 Å². The summed E-state index contributed by atoms with van der Waals surface area (Å²) in [5.74, 6) is 0.342. The van der Waals surface area contributed by atoms with E-state index in [-0.39, 0.29) is 0 Å². The molecule has 0 fully saturated rings. The number of hydrogen-bond donors (Lipinski definition) is 2. The van der Waals surface area contributed by atoms with Crippen molar-refractivity contribution in [3.63, 3.8) is 0 Å². The number of imidazole rings is 1. The smallest absolute Gasteiger partial charge is 0.185 e. The van der Waals surface area contributed by atoms with E-state index < -0.39 is 0 Å². The van der Waals surface area contributed by atoms with Gasteiger partial charge in [0.15, 0.2) is 12.1 Å². The molecule has 0 spiro atoms. The minimum absolute atomic E-state index is 0.342. The topological polar surface area (TPSA) is 78.9 Å². The summed E-state index contributed by atoms with van der Waals surface area (Å²) in [5, 5.41) is 7.00. The molecular formula is C11H13N3O2. The van der Waals surface area contributed by atoms with Crippen LogP contribution in [0.2, 0.25) is 0 Å². The van der Waals surface area contributed by atoms with Gasteiger partial charge in [-0.05, 0) is 19.1 Å². The third-order valence-corrected chi connectivity index (χ3v) is 1.91. The Bertz CT molecular complexity index is 466. The van der Waals surface area contributed by atoms with Gasteiger partial charge in [-0.3, -0.25) is 9.78 Å². The standard InChI is InChI=1S/C10H9N3O.CH4O/c1-7-4-8(2-3-11-7)9-5-12-10(6-14)13-9;1-2/h2-6H,1H3,(H,12,13);2H,1H3. The molecule has 84 valence electrons. The first-order valence-electron chi connectivity index (χ1n) is 4.67. The first kappa shape index (κ1) is 12.1. The van der Waals surface area contributed by atoms with E-state index in [1.807, 2.05) is 19.1 Å². The van der Waals surface area contributed by atoms with Crippen LogP contribution in [0.3, 0.4) is 0 Å². The van der Waals surface area contributed by atoms with Crippen LogP contribution in [-0.4, -0.2) is 33.5 Å². The van der Waals surface area contributed by atoms with Crippen molar-refractivity contribution in [1.82, 2.24) is 15.0 Å². The molecule has 2 heterocycles. The number of nitrogens with zero attached hydrogens (tertiary/aromatic N) is 2. The zero-order chi connectivity index (χ0) is 12.0. The van der Waals surface area contributed by atoms with Crippen molar-refractivity contribution in [3.8, 4) is 11.3 Å². The predicted octanol–water partition coefficient (Wildman–Crippen LogP) is 1.20. The lowest BCUT2D eigenvalue weighted by Gasteiger charge is -1.97. The third-order valence-electron chi connectivity index (χ3n) is 1.91. The number of aromatic amines is 1. The maximum atomic E-state index is 10.4. The second-order valence-corrected chi connectivity index (χ2v) is 2.99. The highest BCUT2D eigenvalue weighted by Crippen LogP contribution is 2.16. The summed E-state index contributed by atoms with van der Waals surface area (Å²) in [5.41, 5.74) is 2.75. The van der Waals surface area contributed by atoms with Gasteiger partial charge in [0.1, 0.15) is 0 Å². The van der Waals surface area contributed by atoms with E-state index in [1.54, 1.807) is 12.4 Å². The van der Waals surface area contributed by atoms with Crippen LogP contribution in [0.1, 0.15) is 16.3 Å². The van der Waals surface area contributed by atoms with Crippen molar-refractivity contribution < 1.29 is 9.90 Å². The van der Waals surface area contributed by atoms with Gasteiger partial charge in [-0.25, -0.2) is 4.98 Å². The van der Waals surface area contributed by atoms with Gasteiger partial charge in [-0.2, -0.15) is 0 Å². The molecule has 0 saturated heterocycles. The number of aryl methyl sites for hydroxylation is 1. The monoisotopic (exact) mass is 219 g/mol. The lowest BCUT2D eigenvalue weighted by molar-refractivity contribution is 0.111. The average Bonchev–Trinajstić information content (AvgIpc) is 2.80. The zero-order valence-electron chi connectivity index (χ0n) is 9.14. The average molecular weight is 219 g/mol. The molecule has 0 aliphatic heterocycles. The Morgan fingerprint density at radius 1 is 1.38 bits per heavy atom. The number of pyridine rings is 1. The largest absolute Gasteiger partial charge is 0.400 e. The number of carbonyl (C=O) groups excluding carboxylic acids is 1. The van der Waals surface area contributed by atoms with Crippen LogP contribution < -0.4 is 0 Å². The number of aliphatic hydroxyl groups excluding tert-OH is 1. The molecule has 0 aliphatic rings. The highest BCUT2D eigenvalue weighted by Gasteiger charge is 2.02. The molecule has 0 aliphatic carbocycles.